The number of hydrogen-bond acceptors (Lipinski definition) is 3. The molecule has 0 amide bonds. The van der Waals surface area contributed by atoms with Gasteiger partial charge in [0.2, 0.25) is 0 Å². The molecule has 21 heavy (non-hydrogen) atoms. The Hall–Kier alpha value is -1.84. The van der Waals surface area contributed by atoms with Crippen LogP contribution in [0.15, 0.2) is 60.7 Å². The van der Waals surface area contributed by atoms with Gasteiger partial charge in [0.05, 0.1) is 12.1 Å². The number of aliphatic hydroxyl groups is 1. The molecular weight excluding hydrogens is 260 g/mol. The van der Waals surface area contributed by atoms with E-state index >= 15 is 0 Å². The SMILES string of the molecule is OC1CCN(Cc2ccccc2)C[C@H]1Nc1ccccc1. The van der Waals surface area contributed by atoms with Crippen LogP contribution in [0.1, 0.15) is 12.0 Å². The van der Waals surface area contributed by atoms with E-state index in [0.717, 1.165) is 31.7 Å². The van der Waals surface area contributed by atoms with Gasteiger partial charge in [-0.15, -0.1) is 0 Å². The first-order valence-electron chi connectivity index (χ1n) is 7.57. The van der Waals surface area contributed by atoms with Crippen molar-refractivity contribution in [2.24, 2.45) is 0 Å². The Morgan fingerprint density at radius 3 is 2.38 bits per heavy atom. The van der Waals surface area contributed by atoms with Crippen LogP contribution in [0.3, 0.4) is 0 Å². The second-order valence-electron chi connectivity index (χ2n) is 5.69. The van der Waals surface area contributed by atoms with E-state index in [4.69, 9.17) is 0 Å². The molecular formula is C18H22N2O. The van der Waals surface area contributed by atoms with E-state index in [-0.39, 0.29) is 12.1 Å². The van der Waals surface area contributed by atoms with Crippen LogP contribution in [0.4, 0.5) is 5.69 Å². The van der Waals surface area contributed by atoms with Crippen molar-refractivity contribution in [1.82, 2.24) is 4.90 Å². The summed E-state index contributed by atoms with van der Waals surface area (Å²) in [5.74, 6) is 0. The van der Waals surface area contributed by atoms with E-state index in [0.29, 0.717) is 0 Å². The Bertz CT molecular complexity index is 544. The Balaban J connectivity index is 1.62. The Labute approximate surface area is 126 Å². The van der Waals surface area contributed by atoms with Crippen molar-refractivity contribution in [2.45, 2.75) is 25.1 Å². The average molecular weight is 282 g/mol. The summed E-state index contributed by atoms with van der Waals surface area (Å²) in [7, 11) is 0. The highest BCUT2D eigenvalue weighted by Gasteiger charge is 2.27. The summed E-state index contributed by atoms with van der Waals surface area (Å²) in [6, 6.07) is 20.7. The number of nitrogens with one attached hydrogen (secondary N) is 1. The highest BCUT2D eigenvalue weighted by atomic mass is 16.3. The van der Waals surface area contributed by atoms with E-state index in [9.17, 15) is 5.11 Å². The van der Waals surface area contributed by atoms with Crippen molar-refractivity contribution in [2.75, 3.05) is 18.4 Å². The van der Waals surface area contributed by atoms with E-state index < -0.39 is 0 Å². The van der Waals surface area contributed by atoms with Crippen molar-refractivity contribution >= 4 is 5.69 Å². The van der Waals surface area contributed by atoms with Gasteiger partial charge in [-0.1, -0.05) is 48.5 Å². The quantitative estimate of drug-likeness (QED) is 0.905. The van der Waals surface area contributed by atoms with Crippen LogP contribution in [0.25, 0.3) is 0 Å². The fraction of sp³-hybridized carbons (Fsp3) is 0.333. The standard InChI is InChI=1S/C18H22N2O/c21-18-11-12-20(13-15-7-3-1-4-8-15)14-17(18)19-16-9-5-2-6-10-16/h1-10,17-19,21H,11-14H2/t17-,18?/m1/s1. The molecule has 0 saturated carbocycles. The molecule has 1 unspecified atom stereocenters. The van der Waals surface area contributed by atoms with E-state index in [1.807, 2.05) is 36.4 Å². The predicted octanol–water partition coefficient (Wildman–Crippen LogP) is 2.73. The minimum atomic E-state index is -0.280. The summed E-state index contributed by atoms with van der Waals surface area (Å²) in [6.07, 6.45) is 0.536. The van der Waals surface area contributed by atoms with E-state index in [2.05, 4.69) is 34.5 Å². The van der Waals surface area contributed by atoms with Gasteiger partial charge in [-0.05, 0) is 24.1 Å². The zero-order chi connectivity index (χ0) is 14.5. The minimum absolute atomic E-state index is 0.0878. The number of nitrogens with zero attached hydrogens (tertiary/aromatic N) is 1. The molecule has 0 radical (unpaired) electrons. The summed E-state index contributed by atoms with van der Waals surface area (Å²) in [4.78, 5) is 2.41. The Kier molecular flexibility index (Phi) is 4.53. The molecule has 0 aliphatic carbocycles. The van der Waals surface area contributed by atoms with Gasteiger partial charge < -0.3 is 10.4 Å². The molecule has 2 aromatic carbocycles. The maximum atomic E-state index is 10.2. The topological polar surface area (TPSA) is 35.5 Å². The second-order valence-corrected chi connectivity index (χ2v) is 5.69. The lowest BCUT2D eigenvalue weighted by Gasteiger charge is -2.37. The first-order valence-corrected chi connectivity index (χ1v) is 7.57. The number of piperidine rings is 1. The molecule has 3 nitrogen and oxygen atoms in total. The highest BCUT2D eigenvalue weighted by molar-refractivity contribution is 5.43. The Morgan fingerprint density at radius 2 is 1.67 bits per heavy atom. The molecule has 1 aliphatic heterocycles. The van der Waals surface area contributed by atoms with Gasteiger partial charge in [0, 0.05) is 25.3 Å². The van der Waals surface area contributed by atoms with Crippen LogP contribution < -0.4 is 5.32 Å². The van der Waals surface area contributed by atoms with Gasteiger partial charge in [0.1, 0.15) is 0 Å². The summed E-state index contributed by atoms with van der Waals surface area (Å²) < 4.78 is 0. The van der Waals surface area contributed by atoms with Crippen molar-refractivity contribution in [3.8, 4) is 0 Å². The molecule has 2 atom stereocenters. The summed E-state index contributed by atoms with van der Waals surface area (Å²) in [5.41, 5.74) is 2.40. The first kappa shape index (κ1) is 14.1. The molecule has 2 N–H and O–H groups in total. The molecule has 3 heteroatoms. The van der Waals surface area contributed by atoms with Crippen molar-refractivity contribution in [3.63, 3.8) is 0 Å². The lowest BCUT2D eigenvalue weighted by atomic mass is 10.0. The van der Waals surface area contributed by atoms with Crippen LogP contribution in [0.2, 0.25) is 0 Å². The Morgan fingerprint density at radius 1 is 1.00 bits per heavy atom. The third-order valence-corrected chi connectivity index (χ3v) is 4.04. The lowest BCUT2D eigenvalue weighted by molar-refractivity contribution is 0.0666. The third kappa shape index (κ3) is 3.84. The summed E-state index contributed by atoms with van der Waals surface area (Å²) >= 11 is 0. The van der Waals surface area contributed by atoms with Gasteiger partial charge >= 0.3 is 0 Å². The van der Waals surface area contributed by atoms with Gasteiger partial charge in [-0.25, -0.2) is 0 Å². The highest BCUT2D eigenvalue weighted by Crippen LogP contribution is 2.18. The normalized spacial score (nSPS) is 22.9. The summed E-state index contributed by atoms with van der Waals surface area (Å²) in [6.45, 7) is 2.76. The monoisotopic (exact) mass is 282 g/mol. The number of hydrogen-bond donors (Lipinski definition) is 2. The molecule has 0 aromatic heterocycles. The molecule has 1 heterocycles. The predicted molar refractivity (Wildman–Crippen MR) is 86.2 cm³/mol. The molecule has 1 fully saturated rings. The molecule has 1 aliphatic rings. The van der Waals surface area contributed by atoms with Crippen LogP contribution in [-0.2, 0) is 6.54 Å². The average Bonchev–Trinajstić information content (AvgIpc) is 2.53. The zero-order valence-electron chi connectivity index (χ0n) is 12.2. The third-order valence-electron chi connectivity index (χ3n) is 4.04. The number of benzene rings is 2. The van der Waals surface area contributed by atoms with E-state index in [1.54, 1.807) is 0 Å². The largest absolute Gasteiger partial charge is 0.391 e. The lowest BCUT2D eigenvalue weighted by Crippen LogP contribution is -2.50. The molecule has 0 spiro atoms. The maximum absolute atomic E-state index is 10.2. The number of likely N-dealkylation sites (tertiary alicyclic amines) is 1. The minimum Gasteiger partial charge on any atom is -0.391 e. The molecule has 3 rings (SSSR count). The number of rotatable bonds is 4. The number of para-hydroxylation sites is 1. The second kappa shape index (κ2) is 6.74. The van der Waals surface area contributed by atoms with Gasteiger partial charge in [0.25, 0.3) is 0 Å². The van der Waals surface area contributed by atoms with Crippen molar-refractivity contribution in [1.29, 1.82) is 0 Å². The van der Waals surface area contributed by atoms with Gasteiger partial charge in [0.15, 0.2) is 0 Å². The van der Waals surface area contributed by atoms with Crippen molar-refractivity contribution < 1.29 is 5.11 Å². The first-order chi connectivity index (χ1) is 10.3. The molecule has 110 valence electrons. The molecule has 2 aromatic rings. The zero-order valence-corrected chi connectivity index (χ0v) is 12.2. The summed E-state index contributed by atoms with van der Waals surface area (Å²) in [5, 5.41) is 13.7. The van der Waals surface area contributed by atoms with Crippen LogP contribution in [0.5, 0.6) is 0 Å². The van der Waals surface area contributed by atoms with Crippen LogP contribution in [-0.4, -0.2) is 35.2 Å². The van der Waals surface area contributed by atoms with Crippen LogP contribution >= 0.6 is 0 Å². The van der Waals surface area contributed by atoms with Gasteiger partial charge in [-0.3, -0.25) is 4.90 Å². The molecule has 1 saturated heterocycles. The van der Waals surface area contributed by atoms with Gasteiger partial charge in [-0.2, -0.15) is 0 Å². The molecule has 0 bridgehead atoms. The number of anilines is 1. The number of aliphatic hydroxyl groups excluding tert-OH is 1. The van der Waals surface area contributed by atoms with Crippen molar-refractivity contribution in [3.05, 3.63) is 66.2 Å². The maximum Gasteiger partial charge on any atom is 0.0765 e. The fourth-order valence-corrected chi connectivity index (χ4v) is 2.88. The fourth-order valence-electron chi connectivity index (χ4n) is 2.88. The smallest absolute Gasteiger partial charge is 0.0765 e. The van der Waals surface area contributed by atoms with E-state index in [1.165, 1.54) is 5.56 Å². The van der Waals surface area contributed by atoms with Crippen LogP contribution in [0, 0.1) is 0 Å².